The number of likely N-dealkylation sites (tertiary alicyclic amines) is 1. The van der Waals surface area contributed by atoms with Crippen LogP contribution in [0.15, 0.2) is 42.5 Å². The fourth-order valence-electron chi connectivity index (χ4n) is 5.77. The zero-order valence-corrected chi connectivity index (χ0v) is 22.6. The van der Waals surface area contributed by atoms with Gasteiger partial charge in [0.05, 0.1) is 5.92 Å². The molecule has 1 saturated carbocycles. The van der Waals surface area contributed by atoms with Crippen LogP contribution in [0.4, 0.5) is 19.3 Å². The minimum absolute atomic E-state index is 0.0810. The number of benzene rings is 2. The number of para-hydroxylation sites is 1. The number of nitrogens with zero attached hydrogens (tertiary/aromatic N) is 2. The van der Waals surface area contributed by atoms with E-state index in [0.29, 0.717) is 37.3 Å². The Morgan fingerprint density at radius 1 is 1.05 bits per heavy atom. The molecule has 0 bridgehead atoms. The Morgan fingerprint density at radius 3 is 2.38 bits per heavy atom. The summed E-state index contributed by atoms with van der Waals surface area (Å²) in [6.45, 7) is 6.53. The number of amides is 3. The maximum Gasteiger partial charge on any atom is 0.410 e. The van der Waals surface area contributed by atoms with Gasteiger partial charge in [-0.2, -0.15) is 0 Å². The van der Waals surface area contributed by atoms with Gasteiger partial charge in [-0.05, 0) is 81.2 Å². The fourth-order valence-corrected chi connectivity index (χ4v) is 5.77. The van der Waals surface area contributed by atoms with Gasteiger partial charge in [0, 0.05) is 43.9 Å². The molecule has 7 nitrogen and oxygen atoms in total. The highest BCUT2D eigenvalue weighted by Crippen LogP contribution is 2.39. The van der Waals surface area contributed by atoms with Gasteiger partial charge in [0.15, 0.2) is 0 Å². The first-order chi connectivity index (χ1) is 18.5. The molecule has 2 aromatic carbocycles. The van der Waals surface area contributed by atoms with Crippen LogP contribution in [0.1, 0.15) is 57.1 Å². The maximum atomic E-state index is 14.0. The number of carbonyl (C=O) groups is 3. The van der Waals surface area contributed by atoms with Crippen LogP contribution in [-0.2, 0) is 20.7 Å². The van der Waals surface area contributed by atoms with Gasteiger partial charge in [0.25, 0.3) is 0 Å². The molecule has 208 valence electrons. The van der Waals surface area contributed by atoms with Crippen molar-refractivity contribution in [1.29, 1.82) is 0 Å². The van der Waals surface area contributed by atoms with Crippen LogP contribution in [0, 0.1) is 23.5 Å². The molecule has 3 unspecified atom stereocenters. The molecular weight excluding hydrogens is 504 g/mol. The SMILES string of the molecule is CC(C)(C)OC(=O)N1CC(Cc2cc(F)cc(F)c2)C(CN(C(=O)C2CC(=O)Nc3ccccc32)C2CC2)C1. The minimum atomic E-state index is -0.665. The smallest absolute Gasteiger partial charge is 0.410 e. The lowest BCUT2D eigenvalue weighted by molar-refractivity contribution is -0.136. The number of ether oxygens (including phenoxy) is 1. The molecule has 2 fully saturated rings. The Labute approximate surface area is 227 Å². The van der Waals surface area contributed by atoms with Crippen molar-refractivity contribution in [3.63, 3.8) is 0 Å². The van der Waals surface area contributed by atoms with E-state index in [2.05, 4.69) is 5.32 Å². The summed E-state index contributed by atoms with van der Waals surface area (Å²) in [5, 5.41) is 2.85. The number of hydrogen-bond donors (Lipinski definition) is 1. The summed E-state index contributed by atoms with van der Waals surface area (Å²) >= 11 is 0. The average Bonchev–Trinajstić information content (AvgIpc) is 3.61. The fraction of sp³-hybridized carbons (Fsp3) is 0.500. The van der Waals surface area contributed by atoms with Crippen LogP contribution in [0.3, 0.4) is 0 Å². The van der Waals surface area contributed by atoms with Crippen molar-refractivity contribution in [2.75, 3.05) is 25.0 Å². The molecular formula is C30H35F2N3O4. The molecule has 9 heteroatoms. The van der Waals surface area contributed by atoms with Crippen LogP contribution in [0.25, 0.3) is 0 Å². The van der Waals surface area contributed by atoms with Gasteiger partial charge < -0.3 is 19.9 Å². The van der Waals surface area contributed by atoms with Crippen molar-refractivity contribution in [3.8, 4) is 0 Å². The summed E-state index contributed by atoms with van der Waals surface area (Å²) in [6.07, 6.45) is 1.77. The topological polar surface area (TPSA) is 79.0 Å². The van der Waals surface area contributed by atoms with Gasteiger partial charge in [-0.1, -0.05) is 18.2 Å². The first kappa shape index (κ1) is 27.1. The molecule has 3 atom stereocenters. The molecule has 1 aliphatic carbocycles. The average molecular weight is 540 g/mol. The highest BCUT2D eigenvalue weighted by molar-refractivity contribution is 6.01. The molecule has 1 N–H and O–H groups in total. The summed E-state index contributed by atoms with van der Waals surface area (Å²) in [5.74, 6) is -2.40. The zero-order valence-electron chi connectivity index (χ0n) is 22.6. The second-order valence-corrected chi connectivity index (χ2v) is 12.0. The summed E-state index contributed by atoms with van der Waals surface area (Å²) in [7, 11) is 0. The van der Waals surface area contributed by atoms with Gasteiger partial charge >= 0.3 is 6.09 Å². The number of carbonyl (C=O) groups excluding carboxylic acids is 3. The van der Waals surface area contributed by atoms with E-state index >= 15 is 0 Å². The predicted octanol–water partition coefficient (Wildman–Crippen LogP) is 5.11. The lowest BCUT2D eigenvalue weighted by Gasteiger charge is -2.33. The molecule has 3 aliphatic rings. The van der Waals surface area contributed by atoms with E-state index < -0.39 is 29.2 Å². The third-order valence-corrected chi connectivity index (χ3v) is 7.65. The predicted molar refractivity (Wildman–Crippen MR) is 142 cm³/mol. The van der Waals surface area contributed by atoms with E-state index in [1.54, 1.807) is 31.7 Å². The van der Waals surface area contributed by atoms with E-state index in [1.807, 2.05) is 23.1 Å². The van der Waals surface area contributed by atoms with Crippen molar-refractivity contribution < 1.29 is 27.9 Å². The van der Waals surface area contributed by atoms with Gasteiger partial charge in [0.1, 0.15) is 17.2 Å². The normalized spacial score (nSPS) is 22.7. The van der Waals surface area contributed by atoms with Crippen LogP contribution >= 0.6 is 0 Å². The summed E-state index contributed by atoms with van der Waals surface area (Å²) in [5.41, 5.74) is 1.31. The van der Waals surface area contributed by atoms with Gasteiger partial charge in [0.2, 0.25) is 11.8 Å². The van der Waals surface area contributed by atoms with Crippen molar-refractivity contribution in [2.45, 2.75) is 64.0 Å². The highest BCUT2D eigenvalue weighted by atomic mass is 19.1. The van der Waals surface area contributed by atoms with E-state index in [1.165, 1.54) is 12.1 Å². The van der Waals surface area contributed by atoms with Crippen molar-refractivity contribution in [1.82, 2.24) is 9.80 Å². The Bertz CT molecular complexity index is 1250. The molecule has 3 amide bonds. The van der Waals surface area contributed by atoms with Gasteiger partial charge in [-0.25, -0.2) is 13.6 Å². The molecule has 2 aromatic rings. The molecule has 39 heavy (non-hydrogen) atoms. The Balaban J connectivity index is 1.39. The minimum Gasteiger partial charge on any atom is -0.444 e. The molecule has 2 aliphatic heterocycles. The second kappa shape index (κ2) is 10.6. The van der Waals surface area contributed by atoms with Crippen LogP contribution in [0.2, 0.25) is 0 Å². The van der Waals surface area contributed by atoms with E-state index in [0.717, 1.165) is 24.5 Å². The molecule has 5 rings (SSSR count). The summed E-state index contributed by atoms with van der Waals surface area (Å²) in [4.78, 5) is 42.9. The first-order valence-corrected chi connectivity index (χ1v) is 13.6. The lowest BCUT2D eigenvalue weighted by atomic mass is 9.87. The molecule has 0 radical (unpaired) electrons. The van der Waals surface area contributed by atoms with Crippen molar-refractivity contribution >= 4 is 23.6 Å². The van der Waals surface area contributed by atoms with Crippen LogP contribution < -0.4 is 5.32 Å². The number of fused-ring (bicyclic) bond motifs is 1. The van der Waals surface area contributed by atoms with Gasteiger partial charge in [-0.3, -0.25) is 9.59 Å². The Kier molecular flexibility index (Phi) is 7.35. The number of halogens is 2. The summed E-state index contributed by atoms with van der Waals surface area (Å²) in [6, 6.07) is 10.9. The zero-order chi connectivity index (χ0) is 27.9. The largest absolute Gasteiger partial charge is 0.444 e. The quantitative estimate of drug-likeness (QED) is 0.554. The standard InChI is InChI=1S/C30H35F2N3O4/c1-30(2,3)39-29(38)34-15-19(10-18-11-21(31)13-22(32)12-18)20(16-34)17-35(23-8-9-23)28(37)25-14-27(36)33-26-7-5-4-6-24(25)26/h4-7,11-13,19-20,23,25H,8-10,14-17H2,1-3H3,(H,33,36). The van der Waals surface area contributed by atoms with Crippen LogP contribution in [0.5, 0.6) is 0 Å². The Morgan fingerprint density at radius 2 is 1.72 bits per heavy atom. The molecule has 1 saturated heterocycles. The first-order valence-electron chi connectivity index (χ1n) is 13.6. The number of hydrogen-bond acceptors (Lipinski definition) is 4. The van der Waals surface area contributed by atoms with Crippen LogP contribution in [-0.4, -0.2) is 59.0 Å². The molecule has 0 spiro atoms. The van der Waals surface area contributed by atoms with E-state index in [4.69, 9.17) is 4.74 Å². The number of anilines is 1. The third kappa shape index (κ3) is 6.40. The van der Waals surface area contributed by atoms with E-state index in [-0.39, 0.29) is 36.1 Å². The van der Waals surface area contributed by atoms with Crippen molar-refractivity contribution in [3.05, 3.63) is 65.2 Å². The second-order valence-electron chi connectivity index (χ2n) is 12.0. The Hall–Kier alpha value is -3.49. The highest BCUT2D eigenvalue weighted by Gasteiger charge is 2.44. The lowest BCUT2D eigenvalue weighted by Crippen LogP contribution is -2.44. The third-order valence-electron chi connectivity index (χ3n) is 7.65. The maximum absolute atomic E-state index is 14.0. The van der Waals surface area contributed by atoms with Crippen molar-refractivity contribution in [2.24, 2.45) is 11.8 Å². The van der Waals surface area contributed by atoms with E-state index in [9.17, 15) is 23.2 Å². The summed E-state index contributed by atoms with van der Waals surface area (Å²) < 4.78 is 33.5. The molecule has 2 heterocycles. The van der Waals surface area contributed by atoms with Gasteiger partial charge in [-0.15, -0.1) is 0 Å². The monoisotopic (exact) mass is 539 g/mol. The number of rotatable bonds is 6. The number of nitrogens with one attached hydrogen (secondary N) is 1. The molecule has 0 aromatic heterocycles.